The number of carbonyl (C=O) groups is 6. The van der Waals surface area contributed by atoms with Gasteiger partial charge in [0.2, 0.25) is 0 Å². The number of aromatic nitrogens is 32. The first-order valence-corrected chi connectivity index (χ1v) is 40.6. The number of hydrogen-bond acceptors (Lipinski definition) is 52. The third kappa shape index (κ3) is 19.0. The summed E-state index contributed by atoms with van der Waals surface area (Å²) in [4.78, 5) is 106. The molecule has 0 amide bonds. The summed E-state index contributed by atoms with van der Waals surface area (Å²) >= 11 is 0. The number of azo groups is 6. The first kappa shape index (κ1) is 95.5. The summed E-state index contributed by atoms with van der Waals surface area (Å²) in [6.45, 7) is 13.0. The van der Waals surface area contributed by atoms with E-state index >= 15 is 0 Å². The van der Waals surface area contributed by atoms with Crippen LogP contribution in [0.4, 0.5) is 104 Å². The summed E-state index contributed by atoms with van der Waals surface area (Å²) in [7, 11) is 7.42. The number of esters is 6. The molecule has 0 aliphatic heterocycles. The molecule has 17 rings (SSSR count). The molecule has 17 aromatic rings. The molecule has 0 aliphatic carbocycles. The highest BCUT2D eigenvalue weighted by Crippen LogP contribution is 2.40. The fourth-order valence-electron chi connectivity index (χ4n) is 13.0. The number of anilines is 6. The molecule has 15 heterocycles. The van der Waals surface area contributed by atoms with Crippen LogP contribution in [-0.2, 0) is 28.4 Å². The van der Waals surface area contributed by atoms with Gasteiger partial charge < -0.3 is 73.0 Å². The summed E-state index contributed by atoms with van der Waals surface area (Å²) in [5.41, 5.74) is 43.8. The van der Waals surface area contributed by atoms with Crippen LogP contribution in [0.1, 0.15) is 108 Å². The largest absolute Gasteiger partial charge is 0.479 e. The molecule has 0 spiro atoms. The Labute approximate surface area is 792 Å². The highest BCUT2D eigenvalue weighted by atomic mass is 16.5. The van der Waals surface area contributed by atoms with Crippen molar-refractivity contribution < 1.29 is 67.4 Å². The number of aromatic amines is 4. The minimum atomic E-state index is -0.713. The minimum Gasteiger partial charge on any atom is -0.479 e. The van der Waals surface area contributed by atoms with Gasteiger partial charge in [-0.15, -0.1) is 61.4 Å². The third-order valence-corrected chi connectivity index (χ3v) is 19.9. The van der Waals surface area contributed by atoms with Crippen LogP contribution >= 0.6 is 0 Å². The van der Waals surface area contributed by atoms with E-state index in [0.29, 0.717) is 56.9 Å². The van der Waals surface area contributed by atoms with Gasteiger partial charge in [-0.1, -0.05) is 36.4 Å². The van der Waals surface area contributed by atoms with Gasteiger partial charge in [0, 0.05) is 6.07 Å². The molecule has 722 valence electrons. The van der Waals surface area contributed by atoms with Gasteiger partial charge in [-0.05, 0) is 79.7 Å². The number of methoxy groups -OCH3 is 6. The number of carbonyl (C=O) groups excluding carboxylic acids is 6. The van der Waals surface area contributed by atoms with Crippen molar-refractivity contribution in [2.45, 2.75) is 55.4 Å². The summed E-state index contributed by atoms with van der Waals surface area (Å²) in [5, 5.41) is 131. The number of ether oxygens (including phenoxy) is 6. The molecule has 0 saturated carbocycles. The number of nitrogen functional groups attached to an aromatic ring is 6. The smallest absolute Gasteiger partial charge is 0.343 e. The lowest BCUT2D eigenvalue weighted by Gasteiger charge is -2.06. The molecule has 18 N–H and O–H groups in total. The van der Waals surface area contributed by atoms with Gasteiger partial charge in [0.25, 0.3) is 23.8 Å². The Morgan fingerprint density at radius 1 is 0.310 bits per heavy atom. The monoisotopic (exact) mass is 1940 g/mol. The van der Waals surface area contributed by atoms with E-state index in [4.69, 9.17) is 53.3 Å². The molecule has 0 fully saturated rings. The summed E-state index contributed by atoms with van der Waals surface area (Å²) < 4.78 is 38.7. The standard InChI is InChI=1S/C33H29N17O5.C24H26N16O4.C21H21N17O5/c1-17-23(41-43-27-21(29(51)54-3)15-36-47(27)19-11-7-5-8-12-19)25(34)49(45-17)31-38-32(40-33(53)39-31)50-26(35)24(18(2)46-50)42-44-28-22(30(52)55-4)16-37-48(28)20-13-9-6-10-14-20;1-9-15(23(41)43-5)21(33-29-9)35-31-17-11(3)37-39(19(17)25)13-7-14(28-8-27-13)40-20(26)18(12(4)38-40)32-36-22-16(24(42)44-6)10(2)30-34-22;1-7-11(29-33-15-9(5-24-31-15)17(39)42-3)13(22)37(35-7)19-26-20(28-21(41)27-19)38-14(23)12(8(2)36-38)30-34-16-10(6-25-32-16)18(40)43-4/h5-16H,34-35H2,1-4H3,(H,38,39,40,53);7-8H,25-26H2,1-6H3,(H,29,33)(H,30,34);5-6H,22-23H2,1-4H3,(H,24,31)(H,25,32)(H,26,27,28,41). The van der Waals surface area contributed by atoms with Crippen LogP contribution in [0.3, 0.4) is 0 Å². The van der Waals surface area contributed by atoms with E-state index in [1.807, 2.05) is 12.1 Å². The number of aryl methyl sites for hydroxylation is 8. The molecule has 64 heteroatoms. The van der Waals surface area contributed by atoms with Crippen LogP contribution < -0.4 is 34.4 Å². The van der Waals surface area contributed by atoms with Gasteiger partial charge in [-0.25, -0.2) is 48.1 Å². The SMILES string of the molecule is COC(=O)c1c(C)n[nH]c1N=Nc1c(C)nn(-c2cc(-n3nc(C)c(N=Nc4[nH]nc(C)c4C(=O)OC)c3N)ncn2)c1N.COC(=O)c1cn[nH]c1N=Nc1c(C)nn(-c2nc(O)nc(-n3nc(C)c(N=Nc4[nH]ncc4C(=O)OC)c3N)n2)c1N.COC(=O)c1cnn(-c2ccccc2)c1N=Nc1c(C)nn(-c2nc(O)nc(-n3nc(C)c(N=Nc4c(C(=O)OC)cnn4-c4ccccc4)c3N)n2)c1N. The predicted octanol–water partition coefficient (Wildman–Crippen LogP) is 9.18. The summed E-state index contributed by atoms with van der Waals surface area (Å²) in [6, 6.07) is 18.1. The molecule has 64 nitrogen and oxygen atoms in total. The fourth-order valence-corrected chi connectivity index (χ4v) is 13.0. The number of H-pyrrole nitrogens is 4. The Morgan fingerprint density at radius 3 is 0.887 bits per heavy atom. The molecule has 2 aromatic carbocycles. The van der Waals surface area contributed by atoms with E-state index in [0.717, 1.165) is 18.7 Å². The lowest BCUT2D eigenvalue weighted by Crippen LogP contribution is -2.13. The second-order valence-electron chi connectivity index (χ2n) is 28.8. The van der Waals surface area contributed by atoms with E-state index in [1.165, 1.54) is 92.5 Å². The molecule has 0 aliphatic rings. The number of aromatic hydroxyl groups is 2. The quantitative estimate of drug-likeness (QED) is 0.0136. The van der Waals surface area contributed by atoms with Crippen LogP contribution in [0.5, 0.6) is 12.0 Å². The zero-order chi connectivity index (χ0) is 101. The molecular formula is C78H76N50O14. The number of nitrogens with zero attached hydrogens (tertiary/aromatic N) is 40. The third-order valence-electron chi connectivity index (χ3n) is 19.9. The lowest BCUT2D eigenvalue weighted by atomic mass is 10.2. The van der Waals surface area contributed by atoms with Crippen molar-refractivity contribution in [3.63, 3.8) is 0 Å². The first-order valence-electron chi connectivity index (χ1n) is 40.6. The lowest BCUT2D eigenvalue weighted by molar-refractivity contribution is 0.0591. The number of nitrogens with one attached hydrogen (secondary N) is 4. The first-order chi connectivity index (χ1) is 68.3. The maximum Gasteiger partial charge on any atom is 0.343 e. The zero-order valence-corrected chi connectivity index (χ0v) is 76.4. The molecule has 15 aromatic heterocycles. The minimum absolute atomic E-state index is 0.0324. The van der Waals surface area contributed by atoms with Crippen molar-refractivity contribution in [2.75, 3.05) is 77.1 Å². The van der Waals surface area contributed by atoms with Crippen LogP contribution in [0.25, 0.3) is 46.8 Å². The molecule has 0 atom stereocenters. The second-order valence-corrected chi connectivity index (χ2v) is 28.8. The van der Waals surface area contributed by atoms with Crippen LogP contribution in [0, 0.1) is 55.4 Å². The Kier molecular flexibility index (Phi) is 27.1. The highest BCUT2D eigenvalue weighted by molar-refractivity contribution is 5.98. The van der Waals surface area contributed by atoms with Crippen LogP contribution in [-0.4, -0.2) is 248 Å². The van der Waals surface area contributed by atoms with Crippen LogP contribution in [0.2, 0.25) is 0 Å². The van der Waals surface area contributed by atoms with Crippen molar-refractivity contribution in [1.82, 2.24) is 159 Å². The van der Waals surface area contributed by atoms with Crippen molar-refractivity contribution >= 4 is 140 Å². The molecule has 0 unspecified atom stereocenters. The second kappa shape index (κ2) is 40.4. The number of nitrogens with two attached hydrogens (primary N) is 6. The summed E-state index contributed by atoms with van der Waals surface area (Å²) in [6.07, 6.45) is 6.39. The number of rotatable bonds is 26. The van der Waals surface area contributed by atoms with E-state index < -0.39 is 47.8 Å². The average molecular weight is 1940 g/mol. The maximum atomic E-state index is 12.5. The van der Waals surface area contributed by atoms with Crippen molar-refractivity contribution in [3.8, 4) is 58.8 Å². The van der Waals surface area contributed by atoms with Gasteiger partial charge in [0.15, 0.2) is 116 Å². The van der Waals surface area contributed by atoms with Crippen molar-refractivity contribution in [3.05, 3.63) is 177 Å². The van der Waals surface area contributed by atoms with Gasteiger partial charge in [-0.3, -0.25) is 20.4 Å². The zero-order valence-electron chi connectivity index (χ0n) is 76.4. The number of benzene rings is 2. The average Bonchev–Trinajstić information content (AvgIpc) is 1.63. The summed E-state index contributed by atoms with van der Waals surface area (Å²) in [5.74, 6) is -3.83. The molecule has 0 radical (unpaired) electrons. The Hall–Kier alpha value is -21.1. The number of para-hydroxylation sites is 2. The number of hydrogen-bond donors (Lipinski definition) is 12. The van der Waals surface area contributed by atoms with E-state index in [-0.39, 0.29) is 173 Å². The predicted molar refractivity (Wildman–Crippen MR) is 487 cm³/mol. The molecule has 142 heavy (non-hydrogen) atoms. The van der Waals surface area contributed by atoms with Gasteiger partial charge in [-0.2, -0.15) is 119 Å². The topological polar surface area (TPSA) is 863 Å². The van der Waals surface area contributed by atoms with Gasteiger partial charge in [0.05, 0.1) is 124 Å². The van der Waals surface area contributed by atoms with Crippen molar-refractivity contribution in [1.29, 1.82) is 0 Å². The fraction of sp³-hybridized carbons (Fsp3) is 0.179. The van der Waals surface area contributed by atoms with Crippen LogP contribution in [0.15, 0.2) is 159 Å². The Bertz CT molecular complexity index is 7490. The Balaban J connectivity index is 0.000000162. The van der Waals surface area contributed by atoms with E-state index in [2.05, 4.69) is 192 Å². The van der Waals surface area contributed by atoms with Gasteiger partial charge in [0.1, 0.15) is 39.7 Å². The maximum absolute atomic E-state index is 12.5. The highest BCUT2D eigenvalue weighted by Gasteiger charge is 2.31. The Morgan fingerprint density at radius 2 is 0.585 bits per heavy atom. The molecular weight excluding hydrogens is 1860 g/mol. The van der Waals surface area contributed by atoms with Crippen molar-refractivity contribution in [2.24, 2.45) is 61.4 Å². The van der Waals surface area contributed by atoms with Gasteiger partial charge >= 0.3 is 47.8 Å². The molecule has 0 bridgehead atoms. The molecule has 0 saturated heterocycles. The van der Waals surface area contributed by atoms with E-state index in [9.17, 15) is 39.0 Å². The van der Waals surface area contributed by atoms with E-state index in [1.54, 1.807) is 110 Å². The normalized spacial score (nSPS) is 11.5.